The Hall–Kier alpha value is -1.64. The molecule has 1 saturated heterocycles. The highest BCUT2D eigenvalue weighted by molar-refractivity contribution is 7.87. The van der Waals surface area contributed by atoms with Crippen molar-refractivity contribution in [2.45, 2.75) is 26.3 Å². The fourth-order valence-electron chi connectivity index (χ4n) is 2.76. The lowest BCUT2D eigenvalue weighted by molar-refractivity contribution is 0.0597. The average molecular weight is 356 g/mol. The van der Waals surface area contributed by atoms with Crippen LogP contribution in [0, 0.1) is 5.92 Å². The number of esters is 1. The third-order valence-electron chi connectivity index (χ3n) is 4.09. The molecule has 0 bridgehead atoms. The van der Waals surface area contributed by atoms with Gasteiger partial charge in [0.25, 0.3) is 10.2 Å². The quantitative estimate of drug-likeness (QED) is 0.782. The maximum Gasteiger partial charge on any atom is 0.341 e. The second-order valence-corrected chi connectivity index (χ2v) is 7.71. The molecule has 1 heterocycles. The topological polar surface area (TPSA) is 84.9 Å². The third-order valence-corrected chi connectivity index (χ3v) is 5.61. The monoisotopic (exact) mass is 356 g/mol. The minimum atomic E-state index is -3.53. The van der Waals surface area contributed by atoms with E-state index >= 15 is 0 Å². The average Bonchev–Trinajstić information content (AvgIpc) is 2.59. The van der Waals surface area contributed by atoms with Crippen molar-refractivity contribution in [1.82, 2.24) is 9.03 Å². The summed E-state index contributed by atoms with van der Waals surface area (Å²) in [6.45, 7) is 3.22. The Morgan fingerprint density at radius 2 is 2.12 bits per heavy atom. The van der Waals surface area contributed by atoms with E-state index in [0.717, 1.165) is 12.8 Å². The molecule has 0 aromatic heterocycles. The van der Waals surface area contributed by atoms with Gasteiger partial charge in [-0.2, -0.15) is 17.4 Å². The first kappa shape index (κ1) is 18.7. The number of rotatable bonds is 6. The summed E-state index contributed by atoms with van der Waals surface area (Å²) in [6, 6.07) is 4.91. The molecule has 0 saturated carbocycles. The highest BCUT2D eigenvalue weighted by Crippen LogP contribution is 2.21. The normalized spacial score (nSPS) is 19.0. The van der Waals surface area contributed by atoms with Crippen LogP contribution in [0.3, 0.4) is 0 Å². The van der Waals surface area contributed by atoms with Gasteiger partial charge in [0.15, 0.2) is 0 Å². The number of benzene rings is 1. The van der Waals surface area contributed by atoms with Crippen molar-refractivity contribution < 1.29 is 22.7 Å². The first-order valence-corrected chi connectivity index (χ1v) is 9.31. The summed E-state index contributed by atoms with van der Waals surface area (Å²) in [4.78, 5) is 11.8. The predicted octanol–water partition coefficient (Wildman–Crippen LogP) is 1.55. The molecular weight excluding hydrogens is 332 g/mol. The Morgan fingerprint density at radius 1 is 1.38 bits per heavy atom. The van der Waals surface area contributed by atoms with Gasteiger partial charge in [0.1, 0.15) is 11.3 Å². The van der Waals surface area contributed by atoms with Crippen molar-refractivity contribution in [3.63, 3.8) is 0 Å². The molecule has 1 aliphatic rings. The lowest BCUT2D eigenvalue weighted by Crippen LogP contribution is -2.45. The van der Waals surface area contributed by atoms with E-state index in [1.807, 2.05) is 6.92 Å². The molecule has 0 aliphatic carbocycles. The van der Waals surface area contributed by atoms with Gasteiger partial charge in [0, 0.05) is 19.6 Å². The predicted molar refractivity (Wildman–Crippen MR) is 90.1 cm³/mol. The smallest absolute Gasteiger partial charge is 0.341 e. The summed E-state index contributed by atoms with van der Waals surface area (Å²) < 4.78 is 38.7. The number of carbonyl (C=O) groups excluding carboxylic acids is 1. The summed E-state index contributed by atoms with van der Waals surface area (Å²) in [5.41, 5.74) is 0.924. The van der Waals surface area contributed by atoms with Gasteiger partial charge in [-0.25, -0.2) is 4.79 Å². The van der Waals surface area contributed by atoms with Crippen LogP contribution in [0.15, 0.2) is 18.2 Å². The van der Waals surface area contributed by atoms with Crippen LogP contribution in [0.1, 0.15) is 35.7 Å². The Morgan fingerprint density at radius 3 is 2.75 bits per heavy atom. The van der Waals surface area contributed by atoms with Gasteiger partial charge in [-0.05, 0) is 36.5 Å². The zero-order chi connectivity index (χ0) is 17.7. The van der Waals surface area contributed by atoms with Crippen LogP contribution in [0.4, 0.5) is 0 Å². The standard InChI is InChI=1S/C16H24N2O5S/c1-12-5-4-8-18(11-12)24(20,21)17-10-13-6-7-15(22-2)14(9-13)16(19)23-3/h6-7,9,12,17H,4-5,8,10-11H2,1-3H3/t12-/m1/s1. The molecule has 0 amide bonds. The fraction of sp³-hybridized carbons (Fsp3) is 0.562. The summed E-state index contributed by atoms with van der Waals surface area (Å²) >= 11 is 0. The molecule has 24 heavy (non-hydrogen) atoms. The van der Waals surface area contributed by atoms with E-state index in [-0.39, 0.29) is 12.1 Å². The number of hydrogen-bond donors (Lipinski definition) is 1. The Balaban J connectivity index is 2.09. The van der Waals surface area contributed by atoms with Crippen molar-refractivity contribution in [3.05, 3.63) is 29.3 Å². The molecule has 1 aliphatic heterocycles. The molecule has 1 fully saturated rings. The van der Waals surface area contributed by atoms with E-state index in [2.05, 4.69) is 4.72 Å². The van der Waals surface area contributed by atoms with E-state index < -0.39 is 16.2 Å². The first-order valence-electron chi connectivity index (χ1n) is 7.87. The van der Waals surface area contributed by atoms with Crippen molar-refractivity contribution in [2.75, 3.05) is 27.3 Å². The number of hydrogen-bond acceptors (Lipinski definition) is 5. The van der Waals surface area contributed by atoms with Crippen LogP contribution in [0.25, 0.3) is 0 Å². The molecule has 134 valence electrons. The molecule has 2 rings (SSSR count). The maximum atomic E-state index is 12.4. The van der Waals surface area contributed by atoms with Crippen molar-refractivity contribution in [1.29, 1.82) is 0 Å². The van der Waals surface area contributed by atoms with E-state index in [0.29, 0.717) is 30.3 Å². The van der Waals surface area contributed by atoms with Crippen LogP contribution in [-0.2, 0) is 21.5 Å². The van der Waals surface area contributed by atoms with Gasteiger partial charge < -0.3 is 9.47 Å². The largest absolute Gasteiger partial charge is 0.496 e. The number of piperidine rings is 1. The zero-order valence-electron chi connectivity index (χ0n) is 14.2. The molecule has 1 aromatic carbocycles. The summed E-state index contributed by atoms with van der Waals surface area (Å²) in [7, 11) is -0.787. The SMILES string of the molecule is COC(=O)c1cc(CNS(=O)(=O)N2CCC[C@@H](C)C2)ccc1OC. The van der Waals surface area contributed by atoms with Crippen LogP contribution in [0.5, 0.6) is 5.75 Å². The lowest BCUT2D eigenvalue weighted by atomic mass is 10.0. The van der Waals surface area contributed by atoms with Gasteiger partial charge in [-0.3, -0.25) is 0 Å². The summed E-state index contributed by atoms with van der Waals surface area (Å²) in [6.07, 6.45) is 1.92. The van der Waals surface area contributed by atoms with Gasteiger partial charge in [0.05, 0.1) is 14.2 Å². The van der Waals surface area contributed by atoms with Gasteiger partial charge >= 0.3 is 5.97 Å². The first-order chi connectivity index (χ1) is 11.4. The van der Waals surface area contributed by atoms with E-state index in [4.69, 9.17) is 9.47 Å². The number of carbonyl (C=O) groups is 1. The van der Waals surface area contributed by atoms with Crippen LogP contribution in [-0.4, -0.2) is 46.0 Å². The molecule has 0 spiro atoms. The van der Waals surface area contributed by atoms with Crippen LogP contribution >= 0.6 is 0 Å². The van der Waals surface area contributed by atoms with Crippen LogP contribution < -0.4 is 9.46 Å². The summed E-state index contributed by atoms with van der Waals surface area (Å²) in [5, 5.41) is 0. The molecule has 7 nitrogen and oxygen atoms in total. The van der Waals surface area contributed by atoms with Crippen molar-refractivity contribution >= 4 is 16.2 Å². The molecular formula is C16H24N2O5S. The molecule has 8 heteroatoms. The van der Waals surface area contributed by atoms with E-state index in [1.54, 1.807) is 18.2 Å². The van der Waals surface area contributed by atoms with Crippen molar-refractivity contribution in [3.8, 4) is 5.75 Å². The number of nitrogens with one attached hydrogen (secondary N) is 1. The second kappa shape index (κ2) is 7.96. The number of nitrogens with zero attached hydrogens (tertiary/aromatic N) is 1. The minimum absolute atomic E-state index is 0.0984. The minimum Gasteiger partial charge on any atom is -0.496 e. The molecule has 1 atom stereocenters. The Kier molecular flexibility index (Phi) is 6.20. The number of ether oxygens (including phenoxy) is 2. The number of methoxy groups -OCH3 is 2. The maximum absolute atomic E-state index is 12.4. The zero-order valence-corrected chi connectivity index (χ0v) is 15.1. The second-order valence-electron chi connectivity index (χ2n) is 5.96. The van der Waals surface area contributed by atoms with Crippen LogP contribution in [0.2, 0.25) is 0 Å². The molecule has 1 aromatic rings. The molecule has 0 unspecified atom stereocenters. The lowest BCUT2D eigenvalue weighted by Gasteiger charge is -2.30. The third kappa shape index (κ3) is 4.46. The summed E-state index contributed by atoms with van der Waals surface area (Å²) in [5.74, 6) is 0.224. The fourth-order valence-corrected chi connectivity index (χ4v) is 4.12. The van der Waals surface area contributed by atoms with Crippen molar-refractivity contribution in [2.24, 2.45) is 5.92 Å². The van der Waals surface area contributed by atoms with E-state index in [9.17, 15) is 13.2 Å². The van der Waals surface area contributed by atoms with E-state index in [1.165, 1.54) is 18.5 Å². The van der Waals surface area contributed by atoms with Gasteiger partial charge in [-0.15, -0.1) is 0 Å². The molecule has 0 radical (unpaired) electrons. The Labute approximate surface area is 143 Å². The highest BCUT2D eigenvalue weighted by atomic mass is 32.2. The molecule has 1 N–H and O–H groups in total. The van der Waals surface area contributed by atoms with Gasteiger partial charge in [0.2, 0.25) is 0 Å². The highest BCUT2D eigenvalue weighted by Gasteiger charge is 2.26. The van der Waals surface area contributed by atoms with Gasteiger partial charge in [-0.1, -0.05) is 13.0 Å². The Bertz CT molecular complexity index is 690.